The number of amides is 1. The Balaban J connectivity index is 1.59. The van der Waals surface area contributed by atoms with Crippen molar-refractivity contribution in [2.45, 2.75) is 25.5 Å². The third kappa shape index (κ3) is 4.33. The van der Waals surface area contributed by atoms with Crippen LogP contribution < -0.4 is 5.32 Å². The van der Waals surface area contributed by atoms with Crippen LogP contribution in [0.15, 0.2) is 71.3 Å². The summed E-state index contributed by atoms with van der Waals surface area (Å²) in [5.41, 5.74) is 1.65. The van der Waals surface area contributed by atoms with Gasteiger partial charge in [0, 0.05) is 5.56 Å². The molecule has 0 fully saturated rings. The molecule has 5 nitrogen and oxygen atoms in total. The van der Waals surface area contributed by atoms with E-state index >= 15 is 0 Å². The van der Waals surface area contributed by atoms with Crippen LogP contribution in [0.2, 0.25) is 0 Å². The number of carbonyl (C=O) groups excluding carboxylic acids is 1. The molecule has 0 radical (unpaired) electrons. The largest absolute Gasteiger partial charge is 0.438 e. The van der Waals surface area contributed by atoms with Gasteiger partial charge in [-0.25, -0.2) is 4.98 Å². The maximum Gasteiger partial charge on any atom is 0.223 e. The molecule has 5 heteroatoms. The van der Waals surface area contributed by atoms with Gasteiger partial charge in [-0.05, 0) is 12.5 Å². The Morgan fingerprint density at radius 3 is 2.44 bits per heavy atom. The Bertz CT molecular complexity index is 815. The molecule has 0 saturated heterocycles. The maximum absolute atomic E-state index is 12.1. The molecule has 1 heterocycles. The Kier molecular flexibility index (Phi) is 5.26. The van der Waals surface area contributed by atoms with E-state index < -0.39 is 6.10 Å². The fraction of sp³-hybridized carbons (Fsp3) is 0.200. The lowest BCUT2D eigenvalue weighted by atomic mass is 10.1. The predicted octanol–water partition coefficient (Wildman–Crippen LogP) is 3.64. The summed E-state index contributed by atoms with van der Waals surface area (Å²) >= 11 is 0. The molecule has 0 bridgehead atoms. The number of aliphatic hydroxyl groups excluding tert-OH is 1. The van der Waals surface area contributed by atoms with Crippen molar-refractivity contribution in [3.05, 3.63) is 78.3 Å². The van der Waals surface area contributed by atoms with Crippen molar-refractivity contribution in [1.29, 1.82) is 0 Å². The van der Waals surface area contributed by atoms with Crippen LogP contribution in [0.3, 0.4) is 0 Å². The van der Waals surface area contributed by atoms with Crippen LogP contribution in [0.4, 0.5) is 0 Å². The number of nitrogens with one attached hydrogen (secondary N) is 1. The van der Waals surface area contributed by atoms with Crippen LogP contribution in [0, 0.1) is 0 Å². The fourth-order valence-electron chi connectivity index (χ4n) is 2.55. The molecule has 0 aliphatic carbocycles. The first-order valence-electron chi connectivity index (χ1n) is 8.17. The standard InChI is InChI=1S/C20H20N2O3/c1-14(20-21-13-18(25-20)16-10-6-3-7-11-16)22-19(24)12-17(23)15-8-4-2-5-9-15/h2-11,13-14,17,23H,12H2,1H3,(H,22,24). The Hall–Kier alpha value is -2.92. The second kappa shape index (κ2) is 7.77. The minimum Gasteiger partial charge on any atom is -0.438 e. The van der Waals surface area contributed by atoms with Gasteiger partial charge < -0.3 is 14.8 Å². The highest BCUT2D eigenvalue weighted by atomic mass is 16.4. The van der Waals surface area contributed by atoms with Crippen LogP contribution in [-0.4, -0.2) is 16.0 Å². The van der Waals surface area contributed by atoms with Crippen LogP contribution in [0.25, 0.3) is 11.3 Å². The average Bonchev–Trinajstić information content (AvgIpc) is 3.13. The van der Waals surface area contributed by atoms with Gasteiger partial charge in [0.15, 0.2) is 5.76 Å². The van der Waals surface area contributed by atoms with Crippen molar-refractivity contribution in [3.63, 3.8) is 0 Å². The van der Waals surface area contributed by atoms with E-state index in [0.29, 0.717) is 17.2 Å². The molecule has 2 atom stereocenters. The second-order valence-electron chi connectivity index (χ2n) is 5.85. The van der Waals surface area contributed by atoms with Gasteiger partial charge in [0.2, 0.25) is 11.8 Å². The number of oxazole rings is 1. The molecular weight excluding hydrogens is 316 g/mol. The van der Waals surface area contributed by atoms with E-state index in [1.165, 1.54) is 0 Å². The zero-order chi connectivity index (χ0) is 17.6. The van der Waals surface area contributed by atoms with E-state index in [4.69, 9.17) is 4.42 Å². The molecule has 0 aliphatic heterocycles. The third-order valence-corrected chi connectivity index (χ3v) is 3.89. The molecule has 128 valence electrons. The predicted molar refractivity (Wildman–Crippen MR) is 94.5 cm³/mol. The van der Waals surface area contributed by atoms with Crippen LogP contribution in [-0.2, 0) is 4.79 Å². The number of nitrogens with zero attached hydrogens (tertiary/aromatic N) is 1. The molecule has 0 spiro atoms. The lowest BCUT2D eigenvalue weighted by molar-refractivity contribution is -0.123. The Morgan fingerprint density at radius 2 is 1.76 bits per heavy atom. The molecule has 25 heavy (non-hydrogen) atoms. The summed E-state index contributed by atoms with van der Waals surface area (Å²) in [4.78, 5) is 16.4. The fourth-order valence-corrected chi connectivity index (χ4v) is 2.55. The molecule has 1 amide bonds. The van der Waals surface area contributed by atoms with Gasteiger partial charge in [0.05, 0.1) is 18.7 Å². The number of rotatable bonds is 6. The zero-order valence-corrected chi connectivity index (χ0v) is 13.9. The van der Waals surface area contributed by atoms with E-state index in [2.05, 4.69) is 10.3 Å². The second-order valence-corrected chi connectivity index (χ2v) is 5.85. The normalized spacial score (nSPS) is 13.2. The van der Waals surface area contributed by atoms with Gasteiger partial charge in [-0.2, -0.15) is 0 Å². The van der Waals surface area contributed by atoms with E-state index in [9.17, 15) is 9.90 Å². The lowest BCUT2D eigenvalue weighted by Crippen LogP contribution is -2.28. The Labute approximate surface area is 146 Å². The first kappa shape index (κ1) is 16.9. The number of aromatic nitrogens is 1. The number of carbonyl (C=O) groups is 1. The smallest absolute Gasteiger partial charge is 0.223 e. The highest BCUT2D eigenvalue weighted by molar-refractivity contribution is 5.77. The molecular formula is C20H20N2O3. The summed E-state index contributed by atoms with van der Waals surface area (Å²) < 4.78 is 5.73. The quantitative estimate of drug-likeness (QED) is 0.720. The summed E-state index contributed by atoms with van der Waals surface area (Å²) in [5.74, 6) is 0.825. The van der Waals surface area contributed by atoms with Gasteiger partial charge in [0.25, 0.3) is 0 Å². The summed E-state index contributed by atoms with van der Waals surface area (Å²) in [6.45, 7) is 1.80. The first-order valence-corrected chi connectivity index (χ1v) is 8.17. The van der Waals surface area contributed by atoms with Gasteiger partial charge >= 0.3 is 0 Å². The SMILES string of the molecule is CC(NC(=O)CC(O)c1ccccc1)c1ncc(-c2ccccc2)o1. The summed E-state index contributed by atoms with van der Waals surface area (Å²) in [6, 6.07) is 18.4. The van der Waals surface area contributed by atoms with Crippen molar-refractivity contribution in [3.8, 4) is 11.3 Å². The Morgan fingerprint density at radius 1 is 1.12 bits per heavy atom. The zero-order valence-electron chi connectivity index (χ0n) is 13.9. The highest BCUT2D eigenvalue weighted by Crippen LogP contribution is 2.23. The molecule has 2 N–H and O–H groups in total. The lowest BCUT2D eigenvalue weighted by Gasteiger charge is -2.14. The highest BCUT2D eigenvalue weighted by Gasteiger charge is 2.18. The van der Waals surface area contributed by atoms with Gasteiger partial charge in [-0.3, -0.25) is 4.79 Å². The number of benzene rings is 2. The van der Waals surface area contributed by atoms with Crippen molar-refractivity contribution in [1.82, 2.24) is 10.3 Å². The topological polar surface area (TPSA) is 75.4 Å². The molecule has 0 saturated carbocycles. The molecule has 2 unspecified atom stereocenters. The van der Waals surface area contributed by atoms with E-state index in [1.54, 1.807) is 25.3 Å². The summed E-state index contributed by atoms with van der Waals surface area (Å²) in [7, 11) is 0. The molecule has 2 aromatic carbocycles. The van der Waals surface area contributed by atoms with Crippen molar-refractivity contribution < 1.29 is 14.3 Å². The van der Waals surface area contributed by atoms with Gasteiger partial charge in [0.1, 0.15) is 6.04 Å². The number of hydrogen-bond donors (Lipinski definition) is 2. The number of hydrogen-bond acceptors (Lipinski definition) is 4. The van der Waals surface area contributed by atoms with Crippen molar-refractivity contribution in [2.24, 2.45) is 0 Å². The third-order valence-electron chi connectivity index (χ3n) is 3.89. The van der Waals surface area contributed by atoms with E-state index in [1.807, 2.05) is 48.5 Å². The summed E-state index contributed by atoms with van der Waals surface area (Å²) in [6.07, 6.45) is 0.796. The maximum atomic E-state index is 12.1. The van der Waals surface area contributed by atoms with E-state index in [-0.39, 0.29) is 18.4 Å². The van der Waals surface area contributed by atoms with Crippen molar-refractivity contribution in [2.75, 3.05) is 0 Å². The van der Waals surface area contributed by atoms with Crippen LogP contribution >= 0.6 is 0 Å². The van der Waals surface area contributed by atoms with Gasteiger partial charge in [-0.15, -0.1) is 0 Å². The summed E-state index contributed by atoms with van der Waals surface area (Å²) in [5, 5.41) is 12.9. The average molecular weight is 336 g/mol. The molecule has 3 aromatic rings. The van der Waals surface area contributed by atoms with Crippen molar-refractivity contribution >= 4 is 5.91 Å². The molecule has 1 aromatic heterocycles. The van der Waals surface area contributed by atoms with Crippen LogP contribution in [0.5, 0.6) is 0 Å². The van der Waals surface area contributed by atoms with Crippen LogP contribution in [0.1, 0.15) is 36.9 Å². The minimum atomic E-state index is -0.835. The molecule has 3 rings (SSSR count). The monoisotopic (exact) mass is 336 g/mol. The number of aliphatic hydroxyl groups is 1. The van der Waals surface area contributed by atoms with Gasteiger partial charge in [-0.1, -0.05) is 60.7 Å². The first-order chi connectivity index (χ1) is 12.1. The van der Waals surface area contributed by atoms with E-state index in [0.717, 1.165) is 5.56 Å². The minimum absolute atomic E-state index is 0.0133. The molecule has 0 aliphatic rings.